The zero-order chi connectivity index (χ0) is 28.3. The normalized spacial score (nSPS) is 35.2. The Balaban J connectivity index is 1.30. The van der Waals surface area contributed by atoms with Gasteiger partial charge in [-0.15, -0.1) is 0 Å². The van der Waals surface area contributed by atoms with E-state index in [1.807, 2.05) is 81.4 Å². The zero-order valence-electron chi connectivity index (χ0n) is 23.9. The van der Waals surface area contributed by atoms with Crippen LogP contribution in [0.2, 0.25) is 0 Å². The van der Waals surface area contributed by atoms with Crippen LogP contribution in [-0.4, -0.2) is 67.5 Å². The van der Waals surface area contributed by atoms with Crippen LogP contribution < -0.4 is 0 Å². The van der Waals surface area contributed by atoms with Gasteiger partial charge < -0.3 is 37.9 Å². The molecule has 9 atom stereocenters. The second kappa shape index (κ2) is 12.7. The van der Waals surface area contributed by atoms with Gasteiger partial charge in [-0.2, -0.15) is 0 Å². The molecule has 5 rings (SSSR count). The van der Waals surface area contributed by atoms with Gasteiger partial charge in [-0.25, -0.2) is 0 Å². The molecule has 4 unspecified atom stereocenters. The number of hydrogen-bond donors (Lipinski definition) is 1. The molecule has 40 heavy (non-hydrogen) atoms. The first kappa shape index (κ1) is 29.1. The van der Waals surface area contributed by atoms with E-state index in [4.69, 9.17) is 43.3 Å². The fourth-order valence-corrected chi connectivity index (χ4v) is 5.57. The Bertz CT molecular complexity index is 1100. The highest BCUT2D eigenvalue weighted by Crippen LogP contribution is 2.40. The van der Waals surface area contributed by atoms with E-state index in [0.29, 0.717) is 19.8 Å². The lowest BCUT2D eigenvalue weighted by molar-refractivity contribution is -0.320. The Morgan fingerprint density at radius 1 is 0.850 bits per heavy atom. The molecule has 2 aromatic rings. The largest absolute Gasteiger partial charge is 0.450 e. The predicted octanol–water partition coefficient (Wildman–Crippen LogP) is 4.81. The lowest BCUT2D eigenvalue weighted by Crippen LogP contribution is -2.60. The highest BCUT2D eigenvalue weighted by atomic mass is 16.8. The van der Waals surface area contributed by atoms with Crippen LogP contribution in [-0.2, 0) is 51.1 Å². The van der Waals surface area contributed by atoms with Gasteiger partial charge in [0.05, 0.1) is 32.0 Å². The van der Waals surface area contributed by atoms with Gasteiger partial charge in [0, 0.05) is 12.8 Å². The van der Waals surface area contributed by atoms with Crippen LogP contribution in [0.15, 0.2) is 60.7 Å². The third-order valence-electron chi connectivity index (χ3n) is 7.48. The lowest BCUT2D eigenvalue weighted by Gasteiger charge is -2.45. The molecule has 0 aliphatic carbocycles. The summed E-state index contributed by atoms with van der Waals surface area (Å²) in [5.74, 6) is -0.955. The fraction of sp³-hybridized carbons (Fsp3) is 0.581. The minimum absolute atomic E-state index is 0.0489. The van der Waals surface area contributed by atoms with Gasteiger partial charge in [-0.3, -0.25) is 5.41 Å². The minimum Gasteiger partial charge on any atom is -0.450 e. The van der Waals surface area contributed by atoms with Crippen LogP contribution in [0.1, 0.15) is 45.7 Å². The van der Waals surface area contributed by atoms with E-state index in [0.717, 1.165) is 11.1 Å². The van der Waals surface area contributed by atoms with Crippen molar-refractivity contribution >= 4 is 5.90 Å². The summed E-state index contributed by atoms with van der Waals surface area (Å²) in [4.78, 5) is 0. The number of ether oxygens (including phenoxy) is 8. The summed E-state index contributed by atoms with van der Waals surface area (Å²) in [5, 5.41) is 7.78. The third-order valence-corrected chi connectivity index (χ3v) is 7.48. The molecular weight excluding hydrogens is 514 g/mol. The van der Waals surface area contributed by atoms with Crippen LogP contribution in [0.5, 0.6) is 0 Å². The summed E-state index contributed by atoms with van der Waals surface area (Å²) < 4.78 is 49.9. The van der Waals surface area contributed by atoms with Crippen molar-refractivity contribution < 1.29 is 37.9 Å². The summed E-state index contributed by atoms with van der Waals surface area (Å²) in [5.41, 5.74) is 2.18. The monoisotopic (exact) mass is 555 g/mol. The molecule has 2 aromatic carbocycles. The maximum Gasteiger partial charge on any atom is 0.230 e. The van der Waals surface area contributed by atoms with Crippen molar-refractivity contribution in [1.82, 2.24) is 0 Å². The summed E-state index contributed by atoms with van der Waals surface area (Å²) in [7, 11) is 0. The van der Waals surface area contributed by atoms with Crippen LogP contribution in [0, 0.1) is 11.3 Å². The van der Waals surface area contributed by atoms with Crippen LogP contribution >= 0.6 is 0 Å². The smallest absolute Gasteiger partial charge is 0.230 e. The standard InChI is InChI=1S/C31H41NO8/c1-19-25(34-17-23-14-10-7-11-15-23)24(33-16-22-12-8-6-9-13-22)18-35-29(19)38-26-20(2)36-30(37-21(3)32)28-27(26)39-31(4,5)40-28/h6-15,19-20,24-30,32H,16-18H2,1-5H3/t19?,20-,24-,25?,26+,27?,28?,29+,30+/m1/s1. The van der Waals surface area contributed by atoms with Crippen LogP contribution in [0.25, 0.3) is 0 Å². The summed E-state index contributed by atoms with van der Waals surface area (Å²) in [6.07, 6.45) is -3.78. The van der Waals surface area contributed by atoms with Crippen molar-refractivity contribution in [1.29, 1.82) is 5.41 Å². The first-order valence-corrected chi connectivity index (χ1v) is 14.0. The Kier molecular flexibility index (Phi) is 9.21. The summed E-state index contributed by atoms with van der Waals surface area (Å²) in [6, 6.07) is 20.2. The second-order valence-corrected chi connectivity index (χ2v) is 11.2. The first-order valence-electron chi connectivity index (χ1n) is 14.0. The second-order valence-electron chi connectivity index (χ2n) is 11.2. The van der Waals surface area contributed by atoms with E-state index in [2.05, 4.69) is 6.92 Å². The van der Waals surface area contributed by atoms with Crippen molar-refractivity contribution in [2.24, 2.45) is 5.92 Å². The van der Waals surface area contributed by atoms with E-state index in [-0.39, 0.29) is 24.0 Å². The number of rotatable bonds is 9. The minimum atomic E-state index is -0.849. The van der Waals surface area contributed by atoms with E-state index in [1.54, 1.807) is 6.92 Å². The van der Waals surface area contributed by atoms with E-state index >= 15 is 0 Å². The van der Waals surface area contributed by atoms with E-state index < -0.39 is 42.8 Å². The van der Waals surface area contributed by atoms with Gasteiger partial charge in [0.15, 0.2) is 24.1 Å². The molecule has 218 valence electrons. The molecule has 0 saturated carbocycles. The van der Waals surface area contributed by atoms with Crippen LogP contribution in [0.3, 0.4) is 0 Å². The Morgan fingerprint density at radius 3 is 2.08 bits per heavy atom. The Morgan fingerprint density at radius 2 is 1.45 bits per heavy atom. The highest BCUT2D eigenvalue weighted by Gasteiger charge is 2.57. The zero-order valence-corrected chi connectivity index (χ0v) is 23.9. The number of benzene rings is 2. The van der Waals surface area contributed by atoms with Crippen LogP contribution in [0.4, 0.5) is 0 Å². The lowest BCUT2D eigenvalue weighted by atomic mass is 9.95. The number of hydrogen-bond acceptors (Lipinski definition) is 9. The van der Waals surface area contributed by atoms with Gasteiger partial charge in [-0.05, 0) is 31.9 Å². The molecule has 9 nitrogen and oxygen atoms in total. The maximum absolute atomic E-state index is 7.78. The van der Waals surface area contributed by atoms with Gasteiger partial charge >= 0.3 is 0 Å². The molecule has 3 saturated heterocycles. The average molecular weight is 556 g/mol. The first-order chi connectivity index (χ1) is 19.2. The van der Waals surface area contributed by atoms with E-state index in [1.165, 1.54) is 0 Å². The molecule has 0 aromatic heterocycles. The molecule has 3 aliphatic rings. The molecule has 3 aliphatic heterocycles. The van der Waals surface area contributed by atoms with Gasteiger partial charge in [0.2, 0.25) is 6.29 Å². The summed E-state index contributed by atoms with van der Waals surface area (Å²) >= 11 is 0. The number of fused-ring (bicyclic) bond motifs is 1. The van der Waals surface area contributed by atoms with Crippen molar-refractivity contribution in [3.8, 4) is 0 Å². The highest BCUT2D eigenvalue weighted by molar-refractivity contribution is 5.69. The molecule has 0 bridgehead atoms. The number of nitrogens with one attached hydrogen (secondary N) is 1. The van der Waals surface area contributed by atoms with E-state index in [9.17, 15) is 0 Å². The summed E-state index contributed by atoms with van der Waals surface area (Å²) in [6.45, 7) is 10.5. The average Bonchev–Trinajstić information content (AvgIpc) is 3.26. The third kappa shape index (κ3) is 6.91. The fourth-order valence-electron chi connectivity index (χ4n) is 5.57. The quantitative estimate of drug-likeness (QED) is 0.348. The molecule has 3 heterocycles. The van der Waals surface area contributed by atoms with Crippen molar-refractivity contribution in [2.75, 3.05) is 6.61 Å². The predicted molar refractivity (Wildman–Crippen MR) is 146 cm³/mol. The Labute approximate surface area is 236 Å². The maximum atomic E-state index is 7.78. The van der Waals surface area contributed by atoms with Crippen molar-refractivity contribution in [3.63, 3.8) is 0 Å². The molecular formula is C31H41NO8. The molecule has 0 spiro atoms. The van der Waals surface area contributed by atoms with Gasteiger partial charge in [-0.1, -0.05) is 67.6 Å². The molecule has 3 fully saturated rings. The van der Waals surface area contributed by atoms with Gasteiger partial charge in [0.1, 0.15) is 18.3 Å². The molecule has 0 amide bonds. The molecule has 1 N–H and O–H groups in total. The SMILES string of the molecule is CC(=N)O[C@@H]1O[C@H](C)[C@H](O[C@@H]2OC[C@@H](OCc3ccccc3)C(OCc3ccccc3)C2C)C2OC(C)(C)OC21. The van der Waals surface area contributed by atoms with Crippen molar-refractivity contribution in [3.05, 3.63) is 71.8 Å². The Hall–Kier alpha value is -2.37. The topological polar surface area (TPSA) is 97.7 Å². The van der Waals surface area contributed by atoms with Crippen molar-refractivity contribution in [2.45, 2.75) is 103 Å². The van der Waals surface area contributed by atoms with Gasteiger partial charge in [0.25, 0.3) is 0 Å². The molecule has 9 heteroatoms. The molecule has 0 radical (unpaired) electrons.